The smallest absolute Gasteiger partial charge is 0.407 e. The fourth-order valence-corrected chi connectivity index (χ4v) is 3.11. The first-order chi connectivity index (χ1) is 20.6. The van der Waals surface area contributed by atoms with Gasteiger partial charge in [0, 0.05) is 17.6 Å². The quantitative estimate of drug-likeness (QED) is 0.113. The molecule has 2 aromatic carbocycles. The van der Waals surface area contributed by atoms with E-state index in [4.69, 9.17) is 28.4 Å². The van der Waals surface area contributed by atoms with E-state index in [0.29, 0.717) is 17.9 Å². The van der Waals surface area contributed by atoms with Crippen LogP contribution in [-0.4, -0.2) is 76.4 Å². The Labute approximate surface area is 250 Å². The van der Waals surface area contributed by atoms with Crippen molar-refractivity contribution in [1.82, 2.24) is 10.6 Å². The molecule has 12 heteroatoms. The molecule has 232 valence electrons. The number of ether oxygens (including phenoxy) is 6. The average Bonchev–Trinajstić information content (AvgIpc) is 2.99. The molecule has 0 aliphatic rings. The molecule has 0 aliphatic carbocycles. The summed E-state index contributed by atoms with van der Waals surface area (Å²) in [7, 11) is 0. The molecule has 2 amide bonds. The van der Waals surface area contributed by atoms with Crippen molar-refractivity contribution in [2.45, 2.75) is 26.4 Å². The van der Waals surface area contributed by atoms with Gasteiger partial charge < -0.3 is 39.1 Å². The Morgan fingerprint density at radius 3 is 1.72 bits per heavy atom. The Bertz CT molecular complexity index is 1210. The van der Waals surface area contributed by atoms with Gasteiger partial charge in [-0.05, 0) is 43.7 Å². The molecule has 43 heavy (non-hydrogen) atoms. The Morgan fingerprint density at radius 1 is 0.674 bits per heavy atom. The lowest BCUT2D eigenvalue weighted by atomic mass is 10.1. The van der Waals surface area contributed by atoms with E-state index in [0.717, 1.165) is 5.56 Å². The molecule has 1 unspecified atom stereocenters. The summed E-state index contributed by atoms with van der Waals surface area (Å²) in [5, 5.41) is 5.01. The Morgan fingerprint density at radius 2 is 1.19 bits per heavy atom. The number of para-hydroxylation sites is 1. The Kier molecular flexibility index (Phi) is 15.3. The summed E-state index contributed by atoms with van der Waals surface area (Å²) in [5.41, 5.74) is 1.45. The number of carbonyl (C=O) groups excluding carboxylic acids is 4. The van der Waals surface area contributed by atoms with E-state index in [-0.39, 0.29) is 57.3 Å². The standard InChI is InChI=1S/C31H38N2O10/c1-22(2)28(34)38-18-15-32-30(36)40-17-14-24-10-12-26(13-11-24)42-21-27(20-41-25-8-6-5-7-9-25)43-31(37)33-16-19-39-29(35)23(3)4/h5-13,27H,1,3,14-21H2,2,4H3,(H,32,36)(H,33,37). The third-order valence-electron chi connectivity index (χ3n) is 5.34. The highest BCUT2D eigenvalue weighted by Gasteiger charge is 2.17. The van der Waals surface area contributed by atoms with E-state index in [2.05, 4.69) is 23.8 Å². The van der Waals surface area contributed by atoms with Crippen LogP contribution < -0.4 is 20.1 Å². The van der Waals surface area contributed by atoms with Gasteiger partial charge in [0.2, 0.25) is 0 Å². The molecule has 0 radical (unpaired) electrons. The highest BCUT2D eigenvalue weighted by Crippen LogP contribution is 2.15. The monoisotopic (exact) mass is 598 g/mol. The molecule has 12 nitrogen and oxygen atoms in total. The molecule has 1 atom stereocenters. The van der Waals surface area contributed by atoms with Crippen molar-refractivity contribution in [2.24, 2.45) is 0 Å². The van der Waals surface area contributed by atoms with Crippen LogP contribution in [0, 0.1) is 0 Å². The van der Waals surface area contributed by atoms with Crippen molar-refractivity contribution in [1.29, 1.82) is 0 Å². The van der Waals surface area contributed by atoms with Gasteiger partial charge in [-0.2, -0.15) is 0 Å². The fourth-order valence-electron chi connectivity index (χ4n) is 3.11. The first kappa shape index (κ1) is 34.2. The summed E-state index contributed by atoms with van der Waals surface area (Å²) >= 11 is 0. The van der Waals surface area contributed by atoms with Gasteiger partial charge in [0.05, 0.1) is 19.7 Å². The summed E-state index contributed by atoms with van der Waals surface area (Å²) < 4.78 is 32.0. The molecule has 0 saturated heterocycles. The number of hydrogen-bond acceptors (Lipinski definition) is 10. The van der Waals surface area contributed by atoms with Gasteiger partial charge in [0.25, 0.3) is 0 Å². The second-order valence-corrected chi connectivity index (χ2v) is 9.18. The number of rotatable bonds is 18. The van der Waals surface area contributed by atoms with Gasteiger partial charge in [-0.3, -0.25) is 0 Å². The Balaban J connectivity index is 1.76. The van der Waals surface area contributed by atoms with E-state index in [1.807, 2.05) is 30.3 Å². The number of nitrogens with one attached hydrogen (secondary N) is 2. The van der Waals surface area contributed by atoms with E-state index in [1.54, 1.807) is 24.3 Å². The van der Waals surface area contributed by atoms with Gasteiger partial charge in [0.15, 0.2) is 6.10 Å². The number of benzene rings is 2. The predicted molar refractivity (Wildman–Crippen MR) is 157 cm³/mol. The number of amides is 2. The average molecular weight is 599 g/mol. The lowest BCUT2D eigenvalue weighted by molar-refractivity contribution is -0.139. The summed E-state index contributed by atoms with van der Waals surface area (Å²) in [6.45, 7) is 10.4. The van der Waals surface area contributed by atoms with Crippen LogP contribution in [0.2, 0.25) is 0 Å². The molecule has 0 aliphatic heterocycles. The van der Waals surface area contributed by atoms with Crippen LogP contribution in [0.1, 0.15) is 19.4 Å². The molecule has 2 aromatic rings. The van der Waals surface area contributed by atoms with Crippen LogP contribution in [0.5, 0.6) is 11.5 Å². The van der Waals surface area contributed by atoms with Crippen molar-refractivity contribution < 1.29 is 47.6 Å². The second kappa shape index (κ2) is 19.2. The van der Waals surface area contributed by atoms with Gasteiger partial charge >= 0.3 is 24.1 Å². The van der Waals surface area contributed by atoms with Crippen LogP contribution in [-0.2, 0) is 35.0 Å². The number of esters is 2. The summed E-state index contributed by atoms with van der Waals surface area (Å²) in [6.07, 6.45) is -1.62. The number of carbonyl (C=O) groups is 4. The highest BCUT2D eigenvalue weighted by molar-refractivity contribution is 5.87. The highest BCUT2D eigenvalue weighted by atomic mass is 16.6. The normalized spacial score (nSPS) is 10.8. The predicted octanol–water partition coefficient (Wildman–Crippen LogP) is 3.75. The van der Waals surface area contributed by atoms with E-state index < -0.39 is 30.2 Å². The largest absolute Gasteiger partial charge is 0.490 e. The SMILES string of the molecule is C=C(C)C(=O)OCCNC(=O)OCCc1ccc(OCC(COc2ccccc2)OC(=O)NCCOC(=O)C(=C)C)cc1. The molecule has 0 fully saturated rings. The fraction of sp³-hybridized carbons (Fsp3) is 0.355. The molecule has 0 heterocycles. The van der Waals surface area contributed by atoms with Crippen molar-refractivity contribution in [3.8, 4) is 11.5 Å². The van der Waals surface area contributed by atoms with Gasteiger partial charge in [-0.15, -0.1) is 0 Å². The van der Waals surface area contributed by atoms with Crippen molar-refractivity contribution in [3.05, 3.63) is 84.5 Å². The van der Waals surface area contributed by atoms with Crippen molar-refractivity contribution in [2.75, 3.05) is 46.1 Å². The summed E-state index contributed by atoms with van der Waals surface area (Å²) in [6, 6.07) is 16.2. The van der Waals surface area contributed by atoms with Crippen molar-refractivity contribution in [3.63, 3.8) is 0 Å². The summed E-state index contributed by atoms with van der Waals surface area (Å²) in [4.78, 5) is 46.8. The molecule has 0 saturated carbocycles. The maximum atomic E-state index is 12.3. The van der Waals surface area contributed by atoms with E-state index >= 15 is 0 Å². The number of alkyl carbamates (subject to hydrolysis) is 2. The third kappa shape index (κ3) is 15.0. The van der Waals surface area contributed by atoms with Crippen LogP contribution >= 0.6 is 0 Å². The molecule has 2 rings (SSSR count). The Hall–Kier alpha value is -5.00. The molecule has 0 aromatic heterocycles. The minimum Gasteiger partial charge on any atom is -0.490 e. The number of hydrogen-bond donors (Lipinski definition) is 2. The lowest BCUT2D eigenvalue weighted by Gasteiger charge is -2.19. The second-order valence-electron chi connectivity index (χ2n) is 9.18. The summed E-state index contributed by atoms with van der Waals surface area (Å²) in [5.74, 6) is 0.0757. The third-order valence-corrected chi connectivity index (χ3v) is 5.34. The minimum atomic E-state index is -0.755. The van der Waals surface area contributed by atoms with Crippen LogP contribution in [0.4, 0.5) is 9.59 Å². The topological polar surface area (TPSA) is 148 Å². The zero-order valence-electron chi connectivity index (χ0n) is 24.4. The molecular formula is C31H38N2O10. The van der Waals surface area contributed by atoms with E-state index in [1.165, 1.54) is 13.8 Å². The zero-order valence-corrected chi connectivity index (χ0v) is 24.4. The van der Waals surface area contributed by atoms with Crippen LogP contribution in [0.15, 0.2) is 78.9 Å². The minimum absolute atomic E-state index is 0.00913. The van der Waals surface area contributed by atoms with E-state index in [9.17, 15) is 19.2 Å². The zero-order chi connectivity index (χ0) is 31.5. The van der Waals surface area contributed by atoms with Crippen LogP contribution in [0.25, 0.3) is 0 Å². The molecule has 0 spiro atoms. The maximum Gasteiger partial charge on any atom is 0.407 e. The van der Waals surface area contributed by atoms with Crippen LogP contribution in [0.3, 0.4) is 0 Å². The lowest BCUT2D eigenvalue weighted by Crippen LogP contribution is -2.37. The molecule has 2 N–H and O–H groups in total. The first-order valence-electron chi connectivity index (χ1n) is 13.5. The van der Waals surface area contributed by atoms with Gasteiger partial charge in [0.1, 0.15) is 37.9 Å². The molecule has 0 bridgehead atoms. The maximum absolute atomic E-state index is 12.3. The van der Waals surface area contributed by atoms with Gasteiger partial charge in [-0.1, -0.05) is 43.5 Å². The molecular weight excluding hydrogens is 560 g/mol. The van der Waals surface area contributed by atoms with Crippen molar-refractivity contribution >= 4 is 24.1 Å². The first-order valence-corrected chi connectivity index (χ1v) is 13.5. The van der Waals surface area contributed by atoms with Gasteiger partial charge in [-0.25, -0.2) is 19.2 Å².